The second-order valence-corrected chi connectivity index (χ2v) is 5.40. The van der Waals surface area contributed by atoms with Crippen LogP contribution in [0.2, 0.25) is 0 Å². The fourth-order valence-corrected chi connectivity index (χ4v) is 2.48. The number of nitrogens with one attached hydrogen (secondary N) is 1. The number of hydrogen-bond acceptors (Lipinski definition) is 1. The third-order valence-electron chi connectivity index (χ3n) is 3.07. The first kappa shape index (κ1) is 12.0. The number of hydrogen-bond donors (Lipinski definition) is 1. The number of amides is 1. The highest BCUT2D eigenvalue weighted by Crippen LogP contribution is 2.24. The molecule has 0 heterocycles. The highest BCUT2D eigenvalue weighted by Gasteiger charge is 2.25. The predicted molar refractivity (Wildman–Crippen MR) is 62.6 cm³/mol. The summed E-state index contributed by atoms with van der Waals surface area (Å²) in [5.74, 6) is 0.362. The summed E-state index contributed by atoms with van der Waals surface area (Å²) in [5, 5.41) is 3.13. The molecule has 0 aromatic heterocycles. The quantitative estimate of drug-likeness (QED) is 0.778. The fourth-order valence-electron chi connectivity index (χ4n) is 1.76. The van der Waals surface area contributed by atoms with Crippen molar-refractivity contribution < 1.29 is 4.79 Å². The van der Waals surface area contributed by atoms with E-state index in [9.17, 15) is 4.79 Å². The summed E-state index contributed by atoms with van der Waals surface area (Å²) in [6.07, 6.45) is 5.76. The van der Waals surface area contributed by atoms with Crippen molar-refractivity contribution >= 4 is 21.8 Å². The van der Waals surface area contributed by atoms with Crippen LogP contribution < -0.4 is 5.32 Å². The van der Waals surface area contributed by atoms with Gasteiger partial charge in [-0.15, -0.1) is 0 Å². The number of alkyl halides is 1. The molecule has 1 rings (SSSR count). The van der Waals surface area contributed by atoms with Gasteiger partial charge in [0, 0.05) is 16.8 Å². The Balaban J connectivity index is 2.38. The minimum Gasteiger partial charge on any atom is -0.352 e. The molecule has 3 unspecified atom stereocenters. The lowest BCUT2D eigenvalue weighted by molar-refractivity contribution is -0.125. The van der Waals surface area contributed by atoms with Gasteiger partial charge in [0.25, 0.3) is 0 Å². The number of halogens is 1. The smallest absolute Gasteiger partial charge is 0.223 e. The first-order chi connectivity index (χ1) is 6.65. The molecule has 3 heteroatoms. The van der Waals surface area contributed by atoms with E-state index in [0.717, 1.165) is 12.8 Å². The third kappa shape index (κ3) is 3.26. The molecule has 1 amide bonds. The molecule has 0 saturated heterocycles. The zero-order valence-electron chi connectivity index (χ0n) is 9.05. The van der Waals surface area contributed by atoms with Gasteiger partial charge in [0.05, 0.1) is 0 Å². The molecule has 0 aliphatic heterocycles. The first-order valence-corrected chi connectivity index (χ1v) is 6.51. The molecular weight excluding hydrogens is 242 g/mol. The van der Waals surface area contributed by atoms with Gasteiger partial charge in [-0.2, -0.15) is 0 Å². The Bertz CT molecular complexity index is 196. The first-order valence-electron chi connectivity index (χ1n) is 5.59. The molecule has 0 aromatic rings. The van der Waals surface area contributed by atoms with Gasteiger partial charge in [-0.3, -0.25) is 4.79 Å². The van der Waals surface area contributed by atoms with Crippen molar-refractivity contribution in [2.75, 3.05) is 0 Å². The van der Waals surface area contributed by atoms with Crippen molar-refractivity contribution in [3.05, 3.63) is 0 Å². The number of carbonyl (C=O) groups excluding carboxylic acids is 1. The van der Waals surface area contributed by atoms with Crippen molar-refractivity contribution in [2.24, 2.45) is 5.92 Å². The van der Waals surface area contributed by atoms with Crippen LogP contribution in [0.4, 0.5) is 0 Å². The van der Waals surface area contributed by atoms with Crippen LogP contribution in [0.15, 0.2) is 0 Å². The van der Waals surface area contributed by atoms with E-state index in [4.69, 9.17) is 0 Å². The molecule has 14 heavy (non-hydrogen) atoms. The van der Waals surface area contributed by atoms with Gasteiger partial charge in [-0.25, -0.2) is 0 Å². The van der Waals surface area contributed by atoms with Crippen LogP contribution in [0.1, 0.15) is 46.0 Å². The topological polar surface area (TPSA) is 29.1 Å². The molecule has 1 saturated carbocycles. The summed E-state index contributed by atoms with van der Waals surface area (Å²) in [4.78, 5) is 12.1. The molecule has 1 aliphatic rings. The second kappa shape index (κ2) is 5.74. The zero-order chi connectivity index (χ0) is 10.6. The molecule has 0 aromatic carbocycles. The Kier molecular flexibility index (Phi) is 4.93. The lowest BCUT2D eigenvalue weighted by Gasteiger charge is -2.29. The Morgan fingerprint density at radius 2 is 2.14 bits per heavy atom. The molecule has 0 spiro atoms. The van der Waals surface area contributed by atoms with Crippen molar-refractivity contribution in [3.63, 3.8) is 0 Å². The molecule has 1 N–H and O–H groups in total. The summed E-state index contributed by atoms with van der Waals surface area (Å²) in [5.41, 5.74) is 0. The Labute approximate surface area is 95.0 Å². The van der Waals surface area contributed by atoms with Gasteiger partial charge in [-0.1, -0.05) is 42.6 Å². The Hall–Kier alpha value is -0.0500. The van der Waals surface area contributed by atoms with Gasteiger partial charge in [-0.05, 0) is 19.3 Å². The summed E-state index contributed by atoms with van der Waals surface area (Å²) < 4.78 is 0. The van der Waals surface area contributed by atoms with Crippen LogP contribution in [0.3, 0.4) is 0 Å². The average Bonchev–Trinajstić information content (AvgIpc) is 2.20. The maximum Gasteiger partial charge on any atom is 0.223 e. The van der Waals surface area contributed by atoms with E-state index in [-0.39, 0.29) is 11.8 Å². The SMILES string of the molecule is CCC(C)C(=O)NC1CCCCC1Br. The van der Waals surface area contributed by atoms with Gasteiger partial charge in [0.2, 0.25) is 5.91 Å². The lowest BCUT2D eigenvalue weighted by atomic mass is 9.94. The minimum absolute atomic E-state index is 0.150. The maximum atomic E-state index is 11.7. The molecule has 2 nitrogen and oxygen atoms in total. The van der Waals surface area contributed by atoms with Gasteiger partial charge < -0.3 is 5.32 Å². The second-order valence-electron chi connectivity index (χ2n) is 4.22. The van der Waals surface area contributed by atoms with E-state index in [1.54, 1.807) is 0 Å². The van der Waals surface area contributed by atoms with Crippen molar-refractivity contribution in [3.8, 4) is 0 Å². The molecule has 1 fully saturated rings. The lowest BCUT2D eigenvalue weighted by Crippen LogP contribution is -2.44. The minimum atomic E-state index is 0.150. The highest BCUT2D eigenvalue weighted by molar-refractivity contribution is 9.09. The summed E-state index contributed by atoms with van der Waals surface area (Å²) in [6, 6.07) is 0.352. The Morgan fingerprint density at radius 3 is 2.71 bits per heavy atom. The standard InChI is InChI=1S/C11H20BrNO/c1-3-8(2)11(14)13-10-7-5-4-6-9(10)12/h8-10H,3-7H2,1-2H3,(H,13,14). The molecule has 1 aliphatic carbocycles. The Morgan fingerprint density at radius 1 is 1.50 bits per heavy atom. The van der Waals surface area contributed by atoms with Crippen LogP contribution >= 0.6 is 15.9 Å². The largest absolute Gasteiger partial charge is 0.352 e. The normalized spacial score (nSPS) is 29.6. The summed E-state index contributed by atoms with van der Waals surface area (Å²) in [7, 11) is 0. The maximum absolute atomic E-state index is 11.7. The van der Waals surface area contributed by atoms with E-state index in [2.05, 4.69) is 28.2 Å². The van der Waals surface area contributed by atoms with Crippen molar-refractivity contribution in [1.82, 2.24) is 5.32 Å². The van der Waals surface area contributed by atoms with E-state index < -0.39 is 0 Å². The van der Waals surface area contributed by atoms with E-state index in [1.807, 2.05) is 6.92 Å². The monoisotopic (exact) mass is 261 g/mol. The van der Waals surface area contributed by atoms with Gasteiger partial charge >= 0.3 is 0 Å². The van der Waals surface area contributed by atoms with Gasteiger partial charge in [0.15, 0.2) is 0 Å². The van der Waals surface area contributed by atoms with Crippen LogP contribution in [0.25, 0.3) is 0 Å². The van der Waals surface area contributed by atoms with Gasteiger partial charge in [0.1, 0.15) is 0 Å². The van der Waals surface area contributed by atoms with Crippen molar-refractivity contribution in [1.29, 1.82) is 0 Å². The van der Waals surface area contributed by atoms with E-state index in [0.29, 0.717) is 10.9 Å². The number of rotatable bonds is 3. The highest BCUT2D eigenvalue weighted by atomic mass is 79.9. The predicted octanol–water partition coefficient (Wildman–Crippen LogP) is 2.85. The van der Waals surface area contributed by atoms with Crippen LogP contribution in [0, 0.1) is 5.92 Å². The van der Waals surface area contributed by atoms with E-state index in [1.165, 1.54) is 19.3 Å². The summed E-state index contributed by atoms with van der Waals surface area (Å²) in [6.45, 7) is 4.04. The van der Waals surface area contributed by atoms with E-state index >= 15 is 0 Å². The summed E-state index contributed by atoms with van der Waals surface area (Å²) >= 11 is 3.64. The van der Waals surface area contributed by atoms with Crippen LogP contribution in [-0.2, 0) is 4.79 Å². The van der Waals surface area contributed by atoms with Crippen LogP contribution in [-0.4, -0.2) is 16.8 Å². The zero-order valence-corrected chi connectivity index (χ0v) is 10.6. The fraction of sp³-hybridized carbons (Fsp3) is 0.909. The molecule has 0 radical (unpaired) electrons. The molecule has 3 atom stereocenters. The number of carbonyl (C=O) groups is 1. The van der Waals surface area contributed by atoms with Crippen molar-refractivity contribution in [2.45, 2.75) is 56.8 Å². The average molecular weight is 262 g/mol. The molecular formula is C11H20BrNO. The van der Waals surface area contributed by atoms with Crippen LogP contribution in [0.5, 0.6) is 0 Å². The molecule has 0 bridgehead atoms. The third-order valence-corrected chi connectivity index (χ3v) is 4.17. The molecule has 82 valence electrons.